The summed E-state index contributed by atoms with van der Waals surface area (Å²) in [5, 5.41) is 7.21. The zero-order chi connectivity index (χ0) is 15.4. The second-order valence-corrected chi connectivity index (χ2v) is 5.70. The van der Waals surface area contributed by atoms with E-state index >= 15 is 0 Å². The Morgan fingerprint density at radius 2 is 1.95 bits per heavy atom. The van der Waals surface area contributed by atoms with E-state index in [4.69, 9.17) is 21.7 Å². The van der Waals surface area contributed by atoms with Crippen molar-refractivity contribution in [2.75, 3.05) is 14.2 Å². The predicted octanol–water partition coefficient (Wildman–Crippen LogP) is 3.20. The number of aromatic amines is 1. The number of methoxy groups -OCH3 is 2. The third-order valence-corrected chi connectivity index (χ3v) is 3.51. The topological polar surface area (TPSA) is 52.1 Å². The number of H-pyrrole nitrogens is 1. The molecule has 0 fully saturated rings. The van der Waals surface area contributed by atoms with Crippen LogP contribution in [0.2, 0.25) is 0 Å². The minimum Gasteiger partial charge on any atom is -0.493 e. The van der Waals surface area contributed by atoms with Crippen molar-refractivity contribution in [3.8, 4) is 11.5 Å². The predicted molar refractivity (Wildman–Crippen MR) is 84.6 cm³/mol. The van der Waals surface area contributed by atoms with Gasteiger partial charge in [0.1, 0.15) is 5.82 Å². The molecule has 0 saturated carbocycles. The number of nitrogens with one attached hydrogen (secondary N) is 1. The van der Waals surface area contributed by atoms with Crippen LogP contribution in [0.15, 0.2) is 18.2 Å². The van der Waals surface area contributed by atoms with Crippen LogP contribution in [-0.4, -0.2) is 29.0 Å². The summed E-state index contributed by atoms with van der Waals surface area (Å²) >= 11 is 5.30. The first-order chi connectivity index (χ1) is 10.0. The summed E-state index contributed by atoms with van der Waals surface area (Å²) in [6, 6.07) is 5.89. The van der Waals surface area contributed by atoms with Gasteiger partial charge < -0.3 is 14.0 Å². The highest BCUT2D eigenvalue weighted by Crippen LogP contribution is 2.28. The Balaban J connectivity index is 2.28. The molecule has 0 aliphatic rings. The zero-order valence-electron chi connectivity index (χ0n) is 12.8. The number of rotatable bonds is 6. The molecule has 0 atom stereocenters. The van der Waals surface area contributed by atoms with Crippen LogP contribution in [0.4, 0.5) is 0 Å². The second kappa shape index (κ2) is 6.76. The molecule has 1 aromatic carbocycles. The number of ether oxygens (including phenoxy) is 2. The van der Waals surface area contributed by atoms with Crippen LogP contribution in [0.25, 0.3) is 0 Å². The Labute approximate surface area is 129 Å². The van der Waals surface area contributed by atoms with E-state index in [1.54, 1.807) is 14.2 Å². The average Bonchev–Trinajstić information content (AvgIpc) is 2.79. The van der Waals surface area contributed by atoms with Crippen LogP contribution in [0.1, 0.15) is 25.2 Å². The standard InChI is InChI=1S/C15H21N3O2S/c1-10(2)9-18-14(16-17-15(18)21)8-11-5-6-12(19-3)13(7-11)20-4/h5-7,10H,8-9H2,1-4H3,(H,17,21). The van der Waals surface area contributed by atoms with Crippen LogP contribution in [0, 0.1) is 10.7 Å². The van der Waals surface area contributed by atoms with Gasteiger partial charge in [-0.25, -0.2) is 0 Å². The number of nitrogens with zero attached hydrogens (tertiary/aromatic N) is 2. The van der Waals surface area contributed by atoms with Gasteiger partial charge in [-0.15, -0.1) is 0 Å². The average molecular weight is 307 g/mol. The van der Waals surface area contributed by atoms with Crippen LogP contribution in [0.5, 0.6) is 11.5 Å². The Bertz CT molecular complexity index is 661. The molecule has 0 bridgehead atoms. The number of hydrogen-bond donors (Lipinski definition) is 1. The van der Waals surface area contributed by atoms with E-state index in [2.05, 4.69) is 28.6 Å². The van der Waals surface area contributed by atoms with Gasteiger partial charge >= 0.3 is 0 Å². The third-order valence-electron chi connectivity index (χ3n) is 3.20. The van der Waals surface area contributed by atoms with E-state index in [0.717, 1.165) is 29.4 Å². The molecule has 0 aliphatic heterocycles. The summed E-state index contributed by atoms with van der Waals surface area (Å²) in [7, 11) is 3.27. The zero-order valence-corrected chi connectivity index (χ0v) is 13.7. The Morgan fingerprint density at radius 3 is 2.57 bits per heavy atom. The maximum Gasteiger partial charge on any atom is 0.195 e. The molecule has 5 nitrogen and oxygen atoms in total. The van der Waals surface area contributed by atoms with E-state index in [0.29, 0.717) is 17.1 Å². The summed E-state index contributed by atoms with van der Waals surface area (Å²) in [5.41, 5.74) is 1.10. The molecule has 0 aliphatic carbocycles. The summed E-state index contributed by atoms with van der Waals surface area (Å²) in [6.07, 6.45) is 0.695. The van der Waals surface area contributed by atoms with E-state index < -0.39 is 0 Å². The van der Waals surface area contributed by atoms with Gasteiger partial charge in [-0.3, -0.25) is 5.10 Å². The maximum absolute atomic E-state index is 5.33. The highest BCUT2D eigenvalue weighted by atomic mass is 32.1. The largest absolute Gasteiger partial charge is 0.493 e. The van der Waals surface area contributed by atoms with Crippen molar-refractivity contribution >= 4 is 12.2 Å². The summed E-state index contributed by atoms with van der Waals surface area (Å²) in [4.78, 5) is 0. The fourth-order valence-corrected chi connectivity index (χ4v) is 2.44. The van der Waals surface area contributed by atoms with E-state index in [-0.39, 0.29) is 0 Å². The Hall–Kier alpha value is -1.82. The quantitative estimate of drug-likeness (QED) is 0.833. The first kappa shape index (κ1) is 15.6. The molecule has 21 heavy (non-hydrogen) atoms. The van der Waals surface area contributed by atoms with Crippen LogP contribution >= 0.6 is 12.2 Å². The molecular formula is C15H21N3O2S. The molecule has 6 heteroatoms. The molecule has 1 heterocycles. The van der Waals surface area contributed by atoms with Gasteiger partial charge in [0.2, 0.25) is 0 Å². The van der Waals surface area contributed by atoms with Gasteiger partial charge in [0.15, 0.2) is 16.3 Å². The third kappa shape index (κ3) is 3.64. The van der Waals surface area contributed by atoms with Crippen LogP contribution in [0.3, 0.4) is 0 Å². The van der Waals surface area contributed by atoms with Gasteiger partial charge in [-0.1, -0.05) is 19.9 Å². The first-order valence-corrected chi connectivity index (χ1v) is 7.31. The molecule has 114 valence electrons. The smallest absolute Gasteiger partial charge is 0.195 e. The highest BCUT2D eigenvalue weighted by Gasteiger charge is 2.11. The lowest BCUT2D eigenvalue weighted by Crippen LogP contribution is -2.09. The lowest BCUT2D eigenvalue weighted by atomic mass is 10.1. The van der Waals surface area contributed by atoms with E-state index in [1.165, 1.54) is 0 Å². The Kier molecular flexibility index (Phi) is 5.01. The molecular weight excluding hydrogens is 286 g/mol. The van der Waals surface area contributed by atoms with Crippen molar-refractivity contribution in [3.63, 3.8) is 0 Å². The monoisotopic (exact) mass is 307 g/mol. The van der Waals surface area contributed by atoms with Crippen molar-refractivity contribution in [1.82, 2.24) is 14.8 Å². The number of hydrogen-bond acceptors (Lipinski definition) is 4. The molecule has 0 saturated heterocycles. The van der Waals surface area contributed by atoms with Gasteiger partial charge in [0, 0.05) is 13.0 Å². The van der Waals surface area contributed by atoms with Crippen LogP contribution in [-0.2, 0) is 13.0 Å². The summed E-state index contributed by atoms with van der Waals surface area (Å²) < 4.78 is 13.3. The highest BCUT2D eigenvalue weighted by molar-refractivity contribution is 7.71. The molecule has 1 aromatic heterocycles. The van der Waals surface area contributed by atoms with Crippen molar-refractivity contribution in [2.24, 2.45) is 5.92 Å². The maximum atomic E-state index is 5.33. The summed E-state index contributed by atoms with van der Waals surface area (Å²) in [5.74, 6) is 2.89. The van der Waals surface area contributed by atoms with Crippen molar-refractivity contribution in [2.45, 2.75) is 26.8 Å². The number of benzene rings is 1. The first-order valence-electron chi connectivity index (χ1n) is 6.90. The number of aromatic nitrogens is 3. The molecule has 2 aromatic rings. The lowest BCUT2D eigenvalue weighted by molar-refractivity contribution is 0.354. The Morgan fingerprint density at radius 1 is 1.24 bits per heavy atom. The second-order valence-electron chi connectivity index (χ2n) is 5.32. The summed E-state index contributed by atoms with van der Waals surface area (Å²) in [6.45, 7) is 5.18. The minimum absolute atomic E-state index is 0.512. The normalized spacial score (nSPS) is 10.9. The van der Waals surface area contributed by atoms with E-state index in [1.807, 2.05) is 18.2 Å². The fourth-order valence-electron chi connectivity index (χ4n) is 2.21. The van der Waals surface area contributed by atoms with Crippen molar-refractivity contribution < 1.29 is 9.47 Å². The molecule has 0 unspecified atom stereocenters. The molecule has 0 spiro atoms. The molecule has 0 amide bonds. The van der Waals surface area contributed by atoms with Crippen LogP contribution < -0.4 is 9.47 Å². The molecule has 2 rings (SSSR count). The van der Waals surface area contributed by atoms with Gasteiger partial charge in [-0.05, 0) is 35.8 Å². The minimum atomic E-state index is 0.512. The van der Waals surface area contributed by atoms with Crippen molar-refractivity contribution in [1.29, 1.82) is 0 Å². The molecule has 0 radical (unpaired) electrons. The van der Waals surface area contributed by atoms with Gasteiger partial charge in [0.05, 0.1) is 14.2 Å². The SMILES string of the molecule is COc1ccc(Cc2n[nH]c(=S)n2CC(C)C)cc1OC. The van der Waals surface area contributed by atoms with Gasteiger partial charge in [-0.2, -0.15) is 5.10 Å². The van der Waals surface area contributed by atoms with E-state index in [9.17, 15) is 0 Å². The van der Waals surface area contributed by atoms with Crippen molar-refractivity contribution in [3.05, 3.63) is 34.4 Å². The lowest BCUT2D eigenvalue weighted by Gasteiger charge is -2.11. The molecule has 1 N–H and O–H groups in total. The van der Waals surface area contributed by atoms with Gasteiger partial charge in [0.25, 0.3) is 0 Å². The fraction of sp³-hybridized carbons (Fsp3) is 0.467.